The first kappa shape index (κ1) is 10.4. The van der Waals surface area contributed by atoms with Crippen molar-refractivity contribution in [1.29, 1.82) is 0 Å². The molecule has 1 aromatic heterocycles. The molecule has 1 fully saturated rings. The normalized spacial score (nSPS) is 18.4. The van der Waals surface area contributed by atoms with Gasteiger partial charge in [-0.2, -0.15) is 0 Å². The Morgan fingerprint density at radius 2 is 1.79 bits per heavy atom. The maximum atomic E-state index is 4.28. The molecule has 1 saturated carbocycles. The Morgan fingerprint density at radius 3 is 2.43 bits per heavy atom. The molecule has 1 aliphatic carbocycles. The molecule has 4 heteroatoms. The fourth-order valence-electron chi connectivity index (χ4n) is 1.69. The van der Waals surface area contributed by atoms with Crippen molar-refractivity contribution in [3.63, 3.8) is 0 Å². The number of thioether (sulfide) groups is 1. The van der Waals surface area contributed by atoms with Gasteiger partial charge in [-0.05, 0) is 28.8 Å². The van der Waals surface area contributed by atoms with Crippen LogP contribution in [0, 0.1) is 0 Å². The molecule has 1 aliphatic rings. The van der Waals surface area contributed by atoms with Gasteiger partial charge in [-0.1, -0.05) is 31.0 Å². The first-order valence-corrected chi connectivity index (χ1v) is 6.66. The highest BCUT2D eigenvalue weighted by molar-refractivity contribution is 9.10. The molecule has 2 nitrogen and oxygen atoms in total. The Labute approximate surface area is 97.0 Å². The van der Waals surface area contributed by atoms with Crippen molar-refractivity contribution in [2.75, 3.05) is 0 Å². The monoisotopic (exact) mass is 272 g/mol. The Balaban J connectivity index is 1.92. The molecule has 0 saturated heterocycles. The average molecular weight is 273 g/mol. The van der Waals surface area contributed by atoms with Crippen molar-refractivity contribution < 1.29 is 0 Å². The number of rotatable bonds is 2. The molecule has 0 bridgehead atoms. The molecule has 0 aromatic carbocycles. The van der Waals surface area contributed by atoms with Gasteiger partial charge < -0.3 is 0 Å². The summed E-state index contributed by atoms with van der Waals surface area (Å²) in [6, 6.07) is 0. The highest BCUT2D eigenvalue weighted by Gasteiger charge is 2.15. The molecule has 14 heavy (non-hydrogen) atoms. The van der Waals surface area contributed by atoms with Gasteiger partial charge in [0.1, 0.15) is 0 Å². The molecular formula is C10H13BrN2S. The minimum Gasteiger partial charge on any atom is -0.230 e. The molecule has 1 heterocycles. The van der Waals surface area contributed by atoms with E-state index in [0.29, 0.717) is 0 Å². The lowest BCUT2D eigenvalue weighted by molar-refractivity contribution is 0.515. The molecule has 0 N–H and O–H groups in total. The van der Waals surface area contributed by atoms with E-state index in [0.717, 1.165) is 14.9 Å². The topological polar surface area (TPSA) is 25.8 Å². The third kappa shape index (κ3) is 2.95. The second kappa shape index (κ2) is 5.12. The van der Waals surface area contributed by atoms with Gasteiger partial charge in [-0.15, -0.1) is 0 Å². The summed E-state index contributed by atoms with van der Waals surface area (Å²) in [7, 11) is 0. The zero-order chi connectivity index (χ0) is 9.80. The van der Waals surface area contributed by atoms with E-state index in [9.17, 15) is 0 Å². The molecule has 0 aliphatic heterocycles. The van der Waals surface area contributed by atoms with Crippen molar-refractivity contribution in [3.05, 3.63) is 16.9 Å². The lowest BCUT2D eigenvalue weighted by Crippen LogP contribution is -2.08. The second-order valence-corrected chi connectivity index (χ2v) is 5.74. The van der Waals surface area contributed by atoms with E-state index in [4.69, 9.17) is 0 Å². The lowest BCUT2D eigenvalue weighted by atomic mass is 10.0. The van der Waals surface area contributed by atoms with E-state index in [2.05, 4.69) is 25.9 Å². The SMILES string of the molecule is Brc1cnc(SC2CCCCC2)nc1. The largest absolute Gasteiger partial charge is 0.230 e. The first-order valence-electron chi connectivity index (χ1n) is 4.99. The van der Waals surface area contributed by atoms with Crippen LogP contribution < -0.4 is 0 Å². The van der Waals surface area contributed by atoms with Crippen LogP contribution in [-0.4, -0.2) is 15.2 Å². The number of hydrogen-bond donors (Lipinski definition) is 0. The summed E-state index contributed by atoms with van der Waals surface area (Å²) in [5.74, 6) is 0. The Bertz CT molecular complexity index is 283. The molecular weight excluding hydrogens is 260 g/mol. The maximum Gasteiger partial charge on any atom is 0.187 e. The molecule has 2 rings (SSSR count). The van der Waals surface area contributed by atoms with Crippen molar-refractivity contribution in [1.82, 2.24) is 9.97 Å². The summed E-state index contributed by atoms with van der Waals surface area (Å²) in [4.78, 5) is 8.55. The number of nitrogens with zero attached hydrogens (tertiary/aromatic N) is 2. The third-order valence-corrected chi connectivity index (χ3v) is 4.06. The molecule has 1 aromatic rings. The van der Waals surface area contributed by atoms with E-state index in [1.165, 1.54) is 32.1 Å². The van der Waals surface area contributed by atoms with Gasteiger partial charge in [0.05, 0.1) is 4.47 Å². The predicted molar refractivity (Wildman–Crippen MR) is 62.5 cm³/mol. The van der Waals surface area contributed by atoms with Crippen molar-refractivity contribution in [2.45, 2.75) is 42.5 Å². The van der Waals surface area contributed by atoms with Crippen LogP contribution in [0.3, 0.4) is 0 Å². The van der Waals surface area contributed by atoms with Crippen LogP contribution in [-0.2, 0) is 0 Å². The minimum absolute atomic E-state index is 0.741. The summed E-state index contributed by atoms with van der Waals surface area (Å²) in [6.45, 7) is 0. The van der Waals surface area contributed by atoms with Gasteiger partial charge in [0, 0.05) is 17.6 Å². The molecule has 0 spiro atoms. The molecule has 0 unspecified atom stereocenters. The Hall–Kier alpha value is -0.0900. The highest BCUT2D eigenvalue weighted by Crippen LogP contribution is 2.31. The van der Waals surface area contributed by atoms with Gasteiger partial charge in [0.2, 0.25) is 0 Å². The van der Waals surface area contributed by atoms with Crippen molar-refractivity contribution in [3.8, 4) is 0 Å². The minimum atomic E-state index is 0.741. The molecule has 76 valence electrons. The van der Waals surface area contributed by atoms with E-state index >= 15 is 0 Å². The van der Waals surface area contributed by atoms with Crippen LogP contribution in [0.15, 0.2) is 22.0 Å². The van der Waals surface area contributed by atoms with Gasteiger partial charge in [0.25, 0.3) is 0 Å². The van der Waals surface area contributed by atoms with E-state index in [1.807, 2.05) is 24.2 Å². The van der Waals surface area contributed by atoms with Crippen LogP contribution in [0.4, 0.5) is 0 Å². The highest BCUT2D eigenvalue weighted by atomic mass is 79.9. The van der Waals surface area contributed by atoms with Crippen LogP contribution in [0.2, 0.25) is 0 Å². The maximum absolute atomic E-state index is 4.28. The smallest absolute Gasteiger partial charge is 0.187 e. The first-order chi connectivity index (χ1) is 6.84. The van der Waals surface area contributed by atoms with Gasteiger partial charge in [-0.25, -0.2) is 9.97 Å². The zero-order valence-electron chi connectivity index (χ0n) is 7.95. The third-order valence-electron chi connectivity index (χ3n) is 2.42. The molecule has 0 atom stereocenters. The zero-order valence-corrected chi connectivity index (χ0v) is 10.4. The fraction of sp³-hybridized carbons (Fsp3) is 0.600. The number of aromatic nitrogens is 2. The molecule has 0 amide bonds. The summed E-state index contributed by atoms with van der Waals surface area (Å²) in [5.41, 5.74) is 0. The van der Waals surface area contributed by atoms with Crippen molar-refractivity contribution >= 4 is 27.7 Å². The lowest BCUT2D eigenvalue weighted by Gasteiger charge is -2.19. The van der Waals surface area contributed by atoms with E-state index in [1.54, 1.807) is 0 Å². The molecule has 0 radical (unpaired) electrons. The van der Waals surface area contributed by atoms with Gasteiger partial charge in [0.15, 0.2) is 5.16 Å². The van der Waals surface area contributed by atoms with Crippen LogP contribution in [0.1, 0.15) is 32.1 Å². The second-order valence-electron chi connectivity index (χ2n) is 3.56. The Kier molecular flexibility index (Phi) is 3.81. The predicted octanol–water partition coefficient (Wildman–Crippen LogP) is 3.66. The van der Waals surface area contributed by atoms with Crippen molar-refractivity contribution in [2.24, 2.45) is 0 Å². The van der Waals surface area contributed by atoms with Gasteiger partial charge >= 0.3 is 0 Å². The number of hydrogen-bond acceptors (Lipinski definition) is 3. The summed E-state index contributed by atoms with van der Waals surface area (Å²) >= 11 is 5.17. The van der Waals surface area contributed by atoms with E-state index in [-0.39, 0.29) is 0 Å². The fourth-order valence-corrected chi connectivity index (χ4v) is 2.99. The van der Waals surface area contributed by atoms with Crippen LogP contribution in [0.25, 0.3) is 0 Å². The quantitative estimate of drug-likeness (QED) is 0.769. The van der Waals surface area contributed by atoms with E-state index < -0.39 is 0 Å². The average Bonchev–Trinajstić information content (AvgIpc) is 2.23. The summed E-state index contributed by atoms with van der Waals surface area (Å²) in [6.07, 6.45) is 10.4. The summed E-state index contributed by atoms with van der Waals surface area (Å²) in [5, 5.41) is 1.66. The van der Waals surface area contributed by atoms with Crippen LogP contribution >= 0.6 is 27.7 Å². The standard InChI is InChI=1S/C10H13BrN2S/c11-8-6-12-10(13-7-8)14-9-4-2-1-3-5-9/h6-7,9H,1-5H2. The number of halogens is 1. The Morgan fingerprint density at radius 1 is 1.14 bits per heavy atom. The summed E-state index contributed by atoms with van der Waals surface area (Å²) < 4.78 is 0.950. The van der Waals surface area contributed by atoms with Gasteiger partial charge in [-0.3, -0.25) is 0 Å². The van der Waals surface area contributed by atoms with Crippen LogP contribution in [0.5, 0.6) is 0 Å².